The van der Waals surface area contributed by atoms with Gasteiger partial charge in [-0.3, -0.25) is 0 Å². The van der Waals surface area contributed by atoms with Gasteiger partial charge in [0, 0.05) is 20.1 Å². The number of rotatable bonds is 7. The van der Waals surface area contributed by atoms with Gasteiger partial charge in [0.1, 0.15) is 0 Å². The van der Waals surface area contributed by atoms with E-state index < -0.39 is 0 Å². The number of nitrogens with zero attached hydrogens (tertiary/aromatic N) is 4. The number of ether oxygens (including phenoxy) is 1. The Balaban J connectivity index is 1.51. The average Bonchev–Trinajstić information content (AvgIpc) is 3.08. The van der Waals surface area contributed by atoms with E-state index in [1.807, 2.05) is 32.4 Å². The Labute approximate surface area is 136 Å². The van der Waals surface area contributed by atoms with E-state index in [-0.39, 0.29) is 0 Å². The molecule has 0 fully saturated rings. The molecule has 0 amide bonds. The summed E-state index contributed by atoms with van der Waals surface area (Å²) in [4.78, 5) is 4.42. The lowest BCUT2D eigenvalue weighted by atomic mass is 10.2. The summed E-state index contributed by atoms with van der Waals surface area (Å²) in [6.07, 6.45) is 2.96. The summed E-state index contributed by atoms with van der Waals surface area (Å²) in [5, 5.41) is 7.87. The van der Waals surface area contributed by atoms with E-state index in [1.54, 1.807) is 11.8 Å². The maximum absolute atomic E-state index is 5.41. The molecule has 6 nitrogen and oxygen atoms in total. The molecule has 0 saturated carbocycles. The number of para-hydroxylation sites is 2. The topological polar surface area (TPSA) is 56.9 Å². The number of hydrogen-bond donors (Lipinski definition) is 1. The van der Waals surface area contributed by atoms with Gasteiger partial charge >= 0.3 is 0 Å². The summed E-state index contributed by atoms with van der Waals surface area (Å²) >= 11 is 0. The molecule has 0 aliphatic heterocycles. The predicted molar refractivity (Wildman–Crippen MR) is 90.6 cm³/mol. The van der Waals surface area contributed by atoms with Crippen molar-refractivity contribution >= 4 is 11.0 Å². The summed E-state index contributed by atoms with van der Waals surface area (Å²) < 4.78 is 9.39. The van der Waals surface area contributed by atoms with E-state index in [0.29, 0.717) is 0 Å². The van der Waals surface area contributed by atoms with Crippen molar-refractivity contribution in [3.63, 3.8) is 0 Å². The normalized spacial score (nSPS) is 11.3. The molecule has 1 aromatic carbocycles. The van der Waals surface area contributed by atoms with Crippen molar-refractivity contribution < 1.29 is 4.74 Å². The Hall–Kier alpha value is -2.34. The third-order valence-electron chi connectivity index (χ3n) is 4.06. The Morgan fingerprint density at radius 1 is 1.26 bits per heavy atom. The summed E-state index contributed by atoms with van der Waals surface area (Å²) in [5.74, 6) is 0.829. The summed E-state index contributed by atoms with van der Waals surface area (Å²) in [7, 11) is 3.59. The zero-order valence-electron chi connectivity index (χ0n) is 13.9. The first-order chi connectivity index (χ1) is 11.2. The molecule has 2 aromatic heterocycles. The van der Waals surface area contributed by atoms with Crippen LogP contribution in [0.25, 0.3) is 11.0 Å². The highest BCUT2D eigenvalue weighted by molar-refractivity contribution is 5.74. The second-order valence-corrected chi connectivity index (χ2v) is 5.65. The van der Waals surface area contributed by atoms with Crippen molar-refractivity contribution in [1.29, 1.82) is 0 Å². The molecule has 6 heteroatoms. The number of aryl methyl sites for hydroxylation is 3. The van der Waals surface area contributed by atoms with Crippen LogP contribution in [0.3, 0.4) is 0 Å². The van der Waals surface area contributed by atoms with Crippen molar-refractivity contribution in [3.8, 4) is 5.88 Å². The highest BCUT2D eigenvalue weighted by atomic mass is 16.5. The van der Waals surface area contributed by atoms with Crippen molar-refractivity contribution in [2.45, 2.75) is 26.4 Å². The molecular formula is C17H23N5O. The second-order valence-electron chi connectivity index (χ2n) is 5.65. The molecule has 0 unspecified atom stereocenters. The molecule has 3 rings (SSSR count). The van der Waals surface area contributed by atoms with Crippen LogP contribution in [0.1, 0.15) is 17.7 Å². The Morgan fingerprint density at radius 3 is 2.91 bits per heavy atom. The van der Waals surface area contributed by atoms with Gasteiger partial charge in [-0.2, -0.15) is 5.10 Å². The van der Waals surface area contributed by atoms with Crippen LogP contribution in [0, 0.1) is 6.92 Å². The van der Waals surface area contributed by atoms with E-state index >= 15 is 0 Å². The number of hydrogen-bond acceptors (Lipinski definition) is 4. The molecule has 0 atom stereocenters. The first-order valence-electron chi connectivity index (χ1n) is 7.87. The van der Waals surface area contributed by atoms with E-state index in [1.165, 1.54) is 5.52 Å². The number of methoxy groups -OCH3 is 1. The molecule has 0 saturated heterocycles. The quantitative estimate of drug-likeness (QED) is 0.680. The molecule has 23 heavy (non-hydrogen) atoms. The number of nitrogens with one attached hydrogen (secondary N) is 1. The van der Waals surface area contributed by atoms with Gasteiger partial charge < -0.3 is 14.6 Å². The molecule has 1 N–H and O–H groups in total. The highest BCUT2D eigenvalue weighted by Gasteiger charge is 2.12. The molecule has 3 aromatic rings. The Bertz CT molecular complexity index is 789. The van der Waals surface area contributed by atoms with Crippen LogP contribution in [0.15, 0.2) is 30.6 Å². The smallest absolute Gasteiger partial charge is 0.216 e. The molecule has 122 valence electrons. The monoisotopic (exact) mass is 313 g/mol. The maximum atomic E-state index is 5.41. The summed E-state index contributed by atoms with van der Waals surface area (Å²) in [5.41, 5.74) is 4.38. The van der Waals surface area contributed by atoms with Crippen molar-refractivity contribution in [2.24, 2.45) is 7.05 Å². The van der Waals surface area contributed by atoms with Gasteiger partial charge in [-0.1, -0.05) is 12.1 Å². The minimum absolute atomic E-state index is 0.771. The van der Waals surface area contributed by atoms with Crippen molar-refractivity contribution in [3.05, 3.63) is 41.9 Å². The van der Waals surface area contributed by atoms with Crippen LogP contribution in [0.4, 0.5) is 0 Å². The fourth-order valence-electron chi connectivity index (χ4n) is 2.92. The first-order valence-corrected chi connectivity index (χ1v) is 7.87. The molecular weight excluding hydrogens is 290 g/mol. The van der Waals surface area contributed by atoms with Gasteiger partial charge in [-0.05, 0) is 32.0 Å². The van der Waals surface area contributed by atoms with Crippen LogP contribution in [-0.4, -0.2) is 33.0 Å². The standard InChI is InChI=1S/C17H23N5O/c1-13-14(17(23-3)21(2)20-13)11-18-9-6-10-22-12-19-15-7-4-5-8-16(15)22/h4-5,7-8,12,18H,6,9-11H2,1-3H3. The Kier molecular flexibility index (Phi) is 4.62. The molecule has 0 bridgehead atoms. The summed E-state index contributed by atoms with van der Waals surface area (Å²) in [6.45, 7) is 4.67. The average molecular weight is 313 g/mol. The van der Waals surface area contributed by atoms with Crippen LogP contribution < -0.4 is 10.1 Å². The van der Waals surface area contributed by atoms with Crippen LogP contribution in [0.2, 0.25) is 0 Å². The molecule has 2 heterocycles. The lowest BCUT2D eigenvalue weighted by Gasteiger charge is -2.08. The number of imidazole rings is 1. The largest absolute Gasteiger partial charge is 0.481 e. The lowest BCUT2D eigenvalue weighted by Crippen LogP contribution is -2.17. The number of aromatic nitrogens is 4. The molecule has 0 radical (unpaired) electrons. The first kappa shape index (κ1) is 15.6. The fraction of sp³-hybridized carbons (Fsp3) is 0.412. The van der Waals surface area contributed by atoms with E-state index in [9.17, 15) is 0 Å². The van der Waals surface area contributed by atoms with Crippen LogP contribution >= 0.6 is 0 Å². The third kappa shape index (κ3) is 3.22. The maximum Gasteiger partial charge on any atom is 0.216 e. The van der Waals surface area contributed by atoms with Gasteiger partial charge in [-0.25, -0.2) is 9.67 Å². The van der Waals surface area contributed by atoms with Crippen LogP contribution in [0.5, 0.6) is 5.88 Å². The van der Waals surface area contributed by atoms with Gasteiger partial charge in [0.25, 0.3) is 0 Å². The minimum Gasteiger partial charge on any atom is -0.481 e. The number of fused-ring (bicyclic) bond motifs is 1. The highest BCUT2D eigenvalue weighted by Crippen LogP contribution is 2.20. The third-order valence-corrected chi connectivity index (χ3v) is 4.06. The summed E-state index contributed by atoms with van der Waals surface area (Å²) in [6, 6.07) is 8.22. The van der Waals surface area contributed by atoms with Crippen LogP contribution in [-0.2, 0) is 20.1 Å². The SMILES string of the molecule is COc1c(CNCCCn2cnc3ccccc32)c(C)nn1C. The minimum atomic E-state index is 0.771. The molecule has 0 aliphatic carbocycles. The lowest BCUT2D eigenvalue weighted by molar-refractivity contribution is 0.368. The van der Waals surface area contributed by atoms with E-state index in [4.69, 9.17) is 4.74 Å². The molecule has 0 spiro atoms. The zero-order valence-corrected chi connectivity index (χ0v) is 13.9. The van der Waals surface area contributed by atoms with Crippen molar-refractivity contribution in [2.75, 3.05) is 13.7 Å². The van der Waals surface area contributed by atoms with Crippen molar-refractivity contribution in [1.82, 2.24) is 24.6 Å². The van der Waals surface area contributed by atoms with E-state index in [2.05, 4.69) is 32.1 Å². The predicted octanol–water partition coefficient (Wildman–Crippen LogP) is 2.27. The zero-order chi connectivity index (χ0) is 16.2. The van der Waals surface area contributed by atoms with Gasteiger partial charge in [0.2, 0.25) is 5.88 Å². The van der Waals surface area contributed by atoms with E-state index in [0.717, 1.165) is 48.7 Å². The second kappa shape index (κ2) is 6.83. The van der Waals surface area contributed by atoms with Gasteiger partial charge in [0.05, 0.1) is 35.7 Å². The Morgan fingerprint density at radius 2 is 2.09 bits per heavy atom. The number of benzene rings is 1. The van der Waals surface area contributed by atoms with Gasteiger partial charge in [0.15, 0.2) is 0 Å². The van der Waals surface area contributed by atoms with Gasteiger partial charge in [-0.15, -0.1) is 0 Å². The molecule has 0 aliphatic rings. The fourth-order valence-corrected chi connectivity index (χ4v) is 2.92.